The predicted molar refractivity (Wildman–Crippen MR) is 74.4 cm³/mol. The molecule has 1 aromatic heterocycles. The van der Waals surface area contributed by atoms with Crippen LogP contribution in [-0.2, 0) is 0 Å². The lowest BCUT2D eigenvalue weighted by Crippen LogP contribution is -2.40. The van der Waals surface area contributed by atoms with Gasteiger partial charge in [0.25, 0.3) is 0 Å². The van der Waals surface area contributed by atoms with Crippen LogP contribution in [0.4, 0.5) is 5.82 Å². The standard InChI is InChI=1S/C13H21N5O/c1-9-5-3-4-6-11(9)18(2)13-10(12(14)17-19)7-8-15-16-13/h7-9,11,19H,3-6H2,1-2H3,(H2,14,17). The van der Waals surface area contributed by atoms with Gasteiger partial charge in [-0.05, 0) is 24.8 Å². The molecule has 1 aliphatic rings. The molecule has 0 radical (unpaired) electrons. The predicted octanol–water partition coefficient (Wildman–Crippen LogP) is 1.59. The highest BCUT2D eigenvalue weighted by Crippen LogP contribution is 2.30. The lowest BCUT2D eigenvalue weighted by atomic mass is 9.85. The number of rotatable bonds is 3. The van der Waals surface area contributed by atoms with Crippen LogP contribution in [0.3, 0.4) is 0 Å². The van der Waals surface area contributed by atoms with Gasteiger partial charge in [0.2, 0.25) is 0 Å². The van der Waals surface area contributed by atoms with Gasteiger partial charge in [0.05, 0.1) is 11.8 Å². The summed E-state index contributed by atoms with van der Waals surface area (Å²) >= 11 is 0. The first-order valence-electron chi connectivity index (χ1n) is 6.67. The molecule has 6 nitrogen and oxygen atoms in total. The summed E-state index contributed by atoms with van der Waals surface area (Å²) in [5.41, 5.74) is 6.33. The lowest BCUT2D eigenvalue weighted by Gasteiger charge is -2.37. The molecule has 6 heteroatoms. The fourth-order valence-electron chi connectivity index (χ4n) is 2.87. The van der Waals surface area contributed by atoms with E-state index in [0.29, 0.717) is 23.3 Å². The van der Waals surface area contributed by atoms with Crippen LogP contribution in [0.2, 0.25) is 0 Å². The maximum absolute atomic E-state index is 8.85. The lowest BCUT2D eigenvalue weighted by molar-refractivity contribution is 0.317. The Bertz CT molecular complexity index is 462. The summed E-state index contributed by atoms with van der Waals surface area (Å²) in [7, 11) is 2.00. The zero-order valence-electron chi connectivity index (χ0n) is 11.5. The summed E-state index contributed by atoms with van der Waals surface area (Å²) in [5, 5.41) is 20.0. The molecule has 104 valence electrons. The quantitative estimate of drug-likeness (QED) is 0.374. The van der Waals surface area contributed by atoms with Gasteiger partial charge >= 0.3 is 0 Å². The summed E-state index contributed by atoms with van der Waals surface area (Å²) in [5.74, 6) is 1.36. The van der Waals surface area contributed by atoms with Crippen molar-refractivity contribution >= 4 is 11.7 Å². The zero-order valence-corrected chi connectivity index (χ0v) is 11.5. The Balaban J connectivity index is 2.30. The van der Waals surface area contributed by atoms with Crippen molar-refractivity contribution in [3.8, 4) is 0 Å². The second-order valence-electron chi connectivity index (χ2n) is 5.19. The molecule has 2 unspecified atom stereocenters. The highest BCUT2D eigenvalue weighted by atomic mass is 16.4. The minimum atomic E-state index is 0.0696. The summed E-state index contributed by atoms with van der Waals surface area (Å²) in [6, 6.07) is 2.15. The Morgan fingerprint density at radius 2 is 2.21 bits per heavy atom. The van der Waals surface area contributed by atoms with E-state index < -0.39 is 0 Å². The number of hydrogen-bond donors (Lipinski definition) is 2. The number of amidine groups is 1. The molecule has 0 saturated heterocycles. The van der Waals surface area contributed by atoms with E-state index in [4.69, 9.17) is 10.9 Å². The fraction of sp³-hybridized carbons (Fsp3) is 0.615. The molecule has 0 bridgehead atoms. The van der Waals surface area contributed by atoms with Crippen molar-refractivity contribution in [2.75, 3.05) is 11.9 Å². The molecule has 1 fully saturated rings. The van der Waals surface area contributed by atoms with E-state index in [2.05, 4.69) is 27.2 Å². The third kappa shape index (κ3) is 2.77. The van der Waals surface area contributed by atoms with E-state index in [1.54, 1.807) is 12.3 Å². The first-order valence-corrected chi connectivity index (χ1v) is 6.67. The number of oxime groups is 1. The minimum Gasteiger partial charge on any atom is -0.409 e. The van der Waals surface area contributed by atoms with Crippen molar-refractivity contribution in [2.24, 2.45) is 16.8 Å². The van der Waals surface area contributed by atoms with E-state index >= 15 is 0 Å². The third-order valence-electron chi connectivity index (χ3n) is 3.98. The van der Waals surface area contributed by atoms with Gasteiger partial charge in [-0.15, -0.1) is 5.10 Å². The zero-order chi connectivity index (χ0) is 13.8. The normalized spacial score (nSPS) is 24.2. The van der Waals surface area contributed by atoms with Gasteiger partial charge in [-0.25, -0.2) is 0 Å². The number of nitrogens with zero attached hydrogens (tertiary/aromatic N) is 4. The van der Waals surface area contributed by atoms with Crippen molar-refractivity contribution in [1.29, 1.82) is 0 Å². The first kappa shape index (κ1) is 13.6. The highest BCUT2D eigenvalue weighted by Gasteiger charge is 2.27. The Kier molecular flexibility index (Phi) is 4.19. The summed E-state index contributed by atoms with van der Waals surface area (Å²) in [6.07, 6.45) is 6.45. The third-order valence-corrected chi connectivity index (χ3v) is 3.98. The SMILES string of the molecule is CC1CCCCC1N(C)c1nnccc1/C(N)=N/O. The molecule has 2 rings (SSSR count). The molecule has 19 heavy (non-hydrogen) atoms. The van der Waals surface area contributed by atoms with Crippen LogP contribution >= 0.6 is 0 Å². The molecule has 3 N–H and O–H groups in total. The molecule has 1 aliphatic carbocycles. The van der Waals surface area contributed by atoms with E-state index in [1.165, 1.54) is 19.3 Å². The Morgan fingerprint density at radius 3 is 2.89 bits per heavy atom. The first-order chi connectivity index (χ1) is 9.15. The summed E-state index contributed by atoms with van der Waals surface area (Å²) in [4.78, 5) is 2.12. The number of hydrogen-bond acceptors (Lipinski definition) is 5. The Labute approximate surface area is 113 Å². The van der Waals surface area contributed by atoms with Crippen LogP contribution in [0.25, 0.3) is 0 Å². The average Bonchev–Trinajstić information content (AvgIpc) is 2.46. The average molecular weight is 263 g/mol. The summed E-state index contributed by atoms with van der Waals surface area (Å²) < 4.78 is 0. The molecule has 1 aromatic rings. The Hall–Kier alpha value is -1.85. The topological polar surface area (TPSA) is 87.6 Å². The number of nitrogens with two attached hydrogens (primary N) is 1. The van der Waals surface area contributed by atoms with Crippen LogP contribution in [0.15, 0.2) is 17.4 Å². The molecule has 0 spiro atoms. The molecule has 1 saturated carbocycles. The van der Waals surface area contributed by atoms with E-state index in [0.717, 1.165) is 6.42 Å². The van der Waals surface area contributed by atoms with Crippen molar-refractivity contribution in [3.05, 3.63) is 17.8 Å². The monoisotopic (exact) mass is 263 g/mol. The maximum Gasteiger partial charge on any atom is 0.173 e. The van der Waals surface area contributed by atoms with Gasteiger partial charge in [-0.3, -0.25) is 0 Å². The number of anilines is 1. The van der Waals surface area contributed by atoms with Gasteiger partial charge in [-0.2, -0.15) is 5.10 Å². The van der Waals surface area contributed by atoms with E-state index in [-0.39, 0.29) is 5.84 Å². The van der Waals surface area contributed by atoms with E-state index in [9.17, 15) is 0 Å². The van der Waals surface area contributed by atoms with Gasteiger partial charge in [0, 0.05) is 13.1 Å². The molecule has 0 aliphatic heterocycles. The minimum absolute atomic E-state index is 0.0696. The molecule has 0 aromatic carbocycles. The van der Waals surface area contributed by atoms with Gasteiger partial charge in [-0.1, -0.05) is 24.9 Å². The van der Waals surface area contributed by atoms with Crippen LogP contribution in [0.5, 0.6) is 0 Å². The largest absolute Gasteiger partial charge is 0.409 e. The molecular formula is C13H21N5O. The van der Waals surface area contributed by atoms with Crippen molar-refractivity contribution < 1.29 is 5.21 Å². The van der Waals surface area contributed by atoms with Crippen molar-refractivity contribution in [1.82, 2.24) is 10.2 Å². The second kappa shape index (κ2) is 5.86. The van der Waals surface area contributed by atoms with Crippen LogP contribution in [-0.4, -0.2) is 34.3 Å². The smallest absolute Gasteiger partial charge is 0.173 e. The van der Waals surface area contributed by atoms with Gasteiger partial charge in [0.15, 0.2) is 11.7 Å². The Morgan fingerprint density at radius 1 is 1.47 bits per heavy atom. The van der Waals surface area contributed by atoms with Crippen molar-refractivity contribution in [3.63, 3.8) is 0 Å². The fourth-order valence-corrected chi connectivity index (χ4v) is 2.87. The summed E-state index contributed by atoms with van der Waals surface area (Å²) in [6.45, 7) is 2.26. The molecule has 2 atom stereocenters. The van der Waals surface area contributed by atoms with E-state index in [1.807, 2.05) is 7.05 Å². The van der Waals surface area contributed by atoms with Crippen LogP contribution in [0.1, 0.15) is 38.2 Å². The number of aromatic nitrogens is 2. The molecule has 0 amide bonds. The van der Waals surface area contributed by atoms with Gasteiger partial charge in [0.1, 0.15) is 0 Å². The van der Waals surface area contributed by atoms with Crippen LogP contribution < -0.4 is 10.6 Å². The highest BCUT2D eigenvalue weighted by molar-refractivity contribution is 6.01. The second-order valence-corrected chi connectivity index (χ2v) is 5.19. The van der Waals surface area contributed by atoms with Gasteiger partial charge < -0.3 is 15.8 Å². The maximum atomic E-state index is 8.85. The van der Waals surface area contributed by atoms with Crippen molar-refractivity contribution in [2.45, 2.75) is 38.6 Å². The van der Waals surface area contributed by atoms with Crippen LogP contribution in [0, 0.1) is 5.92 Å². The molecule has 1 heterocycles. The molecular weight excluding hydrogens is 242 g/mol.